The predicted octanol–water partition coefficient (Wildman–Crippen LogP) is 3.31. The molecule has 1 rings (SSSR count). The van der Waals surface area contributed by atoms with Gasteiger partial charge in [0.25, 0.3) is 0 Å². The van der Waals surface area contributed by atoms with E-state index >= 15 is 0 Å². The molecule has 1 aliphatic rings. The third-order valence-electron chi connectivity index (χ3n) is 2.00. The van der Waals surface area contributed by atoms with Crippen LogP contribution in [0.5, 0.6) is 0 Å². The number of rotatable bonds is 3. The van der Waals surface area contributed by atoms with Gasteiger partial charge in [0, 0.05) is 18.1 Å². The molecule has 0 N–H and O–H groups in total. The molecule has 0 amide bonds. The van der Waals surface area contributed by atoms with E-state index in [0.717, 1.165) is 17.0 Å². The van der Waals surface area contributed by atoms with E-state index in [2.05, 4.69) is 0 Å². The maximum atomic E-state index is 6.22. The summed E-state index contributed by atoms with van der Waals surface area (Å²) >= 11 is 12.3. The third-order valence-corrected chi connectivity index (χ3v) is 3.40. The molecular weight excluding hydrogens is 195 g/mol. The summed E-state index contributed by atoms with van der Waals surface area (Å²) in [5.74, 6) is 0. The summed E-state index contributed by atoms with van der Waals surface area (Å²) in [7, 11) is 0. The zero-order chi connectivity index (χ0) is 9.35. The molecule has 0 bridgehead atoms. The van der Waals surface area contributed by atoms with E-state index in [1.165, 1.54) is 0 Å². The number of ether oxygens (including phenoxy) is 1. The highest BCUT2D eigenvalue weighted by Crippen LogP contribution is 2.53. The molecule has 0 heterocycles. The highest BCUT2D eigenvalue weighted by molar-refractivity contribution is 6.41. The number of allylic oxidation sites excluding steroid dienone is 1. The molecule has 1 saturated carbocycles. The average Bonchev–Trinajstić information content (AvgIpc) is 2.63. The summed E-state index contributed by atoms with van der Waals surface area (Å²) in [6, 6.07) is 0. The van der Waals surface area contributed by atoms with Crippen molar-refractivity contribution in [3.63, 3.8) is 0 Å². The molecule has 12 heavy (non-hydrogen) atoms. The fourth-order valence-corrected chi connectivity index (χ4v) is 1.84. The van der Waals surface area contributed by atoms with Crippen molar-refractivity contribution < 1.29 is 4.74 Å². The molecule has 1 fully saturated rings. The van der Waals surface area contributed by atoms with Gasteiger partial charge in [-0.25, -0.2) is 0 Å². The van der Waals surface area contributed by atoms with Crippen molar-refractivity contribution in [2.24, 2.45) is 0 Å². The maximum absolute atomic E-state index is 6.22. The smallest absolute Gasteiger partial charge is 0.109 e. The largest absolute Gasteiger partial charge is 0.376 e. The summed E-state index contributed by atoms with van der Waals surface area (Å²) in [6.07, 6.45) is 0.957. The van der Waals surface area contributed by atoms with E-state index in [4.69, 9.17) is 27.9 Å². The van der Waals surface area contributed by atoms with Gasteiger partial charge in [0.05, 0.1) is 6.10 Å². The van der Waals surface area contributed by atoms with Gasteiger partial charge in [0.1, 0.15) is 4.87 Å². The number of hydrogen-bond donors (Lipinski definition) is 0. The van der Waals surface area contributed by atoms with Gasteiger partial charge in [-0.1, -0.05) is 17.2 Å². The van der Waals surface area contributed by atoms with Crippen LogP contribution in [0.25, 0.3) is 0 Å². The van der Waals surface area contributed by atoms with Crippen LogP contribution in [0.2, 0.25) is 0 Å². The Morgan fingerprint density at radius 1 is 1.58 bits per heavy atom. The maximum Gasteiger partial charge on any atom is 0.109 e. The van der Waals surface area contributed by atoms with E-state index in [9.17, 15) is 0 Å². The van der Waals surface area contributed by atoms with E-state index < -0.39 is 4.87 Å². The molecule has 0 saturated heterocycles. The lowest BCUT2D eigenvalue weighted by Gasteiger charge is -2.09. The van der Waals surface area contributed by atoms with Crippen LogP contribution in [0.3, 0.4) is 0 Å². The minimum Gasteiger partial charge on any atom is -0.376 e. The average molecular weight is 209 g/mol. The molecule has 0 radical (unpaired) electrons. The van der Waals surface area contributed by atoms with Crippen LogP contribution >= 0.6 is 23.2 Å². The zero-order valence-electron chi connectivity index (χ0n) is 7.66. The van der Waals surface area contributed by atoms with Crippen molar-refractivity contribution in [1.82, 2.24) is 0 Å². The second-order valence-electron chi connectivity index (χ2n) is 3.32. The second-order valence-corrected chi connectivity index (χ2v) is 4.38. The van der Waals surface area contributed by atoms with Gasteiger partial charge in [-0.3, -0.25) is 0 Å². The second kappa shape index (κ2) is 3.57. The number of hydrogen-bond acceptors (Lipinski definition) is 1. The lowest BCUT2D eigenvalue weighted by Crippen LogP contribution is -2.10. The minimum atomic E-state index is -0.406. The normalized spacial score (nSPS) is 33.2. The fraction of sp³-hybridized carbons (Fsp3) is 0.778. The molecule has 70 valence electrons. The summed E-state index contributed by atoms with van der Waals surface area (Å²) in [5.41, 5.74) is 1.08. The van der Waals surface area contributed by atoms with Crippen LogP contribution in [-0.2, 0) is 4.74 Å². The number of alkyl halides is 1. The van der Waals surface area contributed by atoms with Crippen molar-refractivity contribution >= 4 is 23.2 Å². The van der Waals surface area contributed by atoms with Crippen LogP contribution < -0.4 is 0 Å². The van der Waals surface area contributed by atoms with Gasteiger partial charge in [-0.05, 0) is 20.8 Å². The SMILES string of the molecule is CCO[C@@H]1C[C@@]1(Cl)C(Cl)=C(C)C. The topological polar surface area (TPSA) is 9.23 Å². The molecule has 0 spiro atoms. The van der Waals surface area contributed by atoms with Gasteiger partial charge in [-0.15, -0.1) is 11.6 Å². The molecular formula is C9H14Cl2O. The number of halogens is 2. The van der Waals surface area contributed by atoms with E-state index in [1.54, 1.807) is 0 Å². The lowest BCUT2D eigenvalue weighted by atomic mass is 10.2. The van der Waals surface area contributed by atoms with Crippen molar-refractivity contribution in [1.29, 1.82) is 0 Å². The lowest BCUT2D eigenvalue weighted by molar-refractivity contribution is 0.128. The van der Waals surface area contributed by atoms with Gasteiger partial charge < -0.3 is 4.74 Å². The first kappa shape index (κ1) is 10.4. The Kier molecular flexibility index (Phi) is 3.08. The Hall–Kier alpha value is 0.280. The summed E-state index contributed by atoms with van der Waals surface area (Å²) in [4.78, 5) is -0.406. The van der Waals surface area contributed by atoms with Crippen LogP contribution in [0, 0.1) is 0 Å². The third kappa shape index (κ3) is 1.78. The van der Waals surface area contributed by atoms with Crippen LogP contribution in [0.4, 0.5) is 0 Å². The molecule has 0 aromatic heterocycles. The van der Waals surface area contributed by atoms with E-state index in [1.807, 2.05) is 20.8 Å². The van der Waals surface area contributed by atoms with Crippen LogP contribution in [0.15, 0.2) is 10.6 Å². The van der Waals surface area contributed by atoms with E-state index in [-0.39, 0.29) is 6.10 Å². The Balaban J connectivity index is 2.61. The quantitative estimate of drug-likeness (QED) is 0.648. The molecule has 0 aliphatic heterocycles. The fourth-order valence-electron chi connectivity index (χ4n) is 1.25. The first-order valence-corrected chi connectivity index (χ1v) is 4.92. The van der Waals surface area contributed by atoms with Crippen molar-refractivity contribution in [2.45, 2.75) is 38.2 Å². The van der Waals surface area contributed by atoms with Crippen LogP contribution in [-0.4, -0.2) is 17.6 Å². The first-order valence-electron chi connectivity index (χ1n) is 4.16. The van der Waals surface area contributed by atoms with Crippen LogP contribution in [0.1, 0.15) is 27.2 Å². The summed E-state index contributed by atoms with van der Waals surface area (Å²) < 4.78 is 5.39. The summed E-state index contributed by atoms with van der Waals surface area (Å²) in [6.45, 7) is 6.60. The van der Waals surface area contributed by atoms with Gasteiger partial charge in [0.15, 0.2) is 0 Å². The van der Waals surface area contributed by atoms with Crippen molar-refractivity contribution in [2.75, 3.05) is 6.61 Å². The monoisotopic (exact) mass is 208 g/mol. The van der Waals surface area contributed by atoms with Crippen molar-refractivity contribution in [3.8, 4) is 0 Å². The van der Waals surface area contributed by atoms with Gasteiger partial charge in [0.2, 0.25) is 0 Å². The molecule has 2 atom stereocenters. The molecule has 0 unspecified atom stereocenters. The molecule has 0 aromatic carbocycles. The molecule has 0 aromatic rings. The van der Waals surface area contributed by atoms with E-state index in [0.29, 0.717) is 6.61 Å². The Morgan fingerprint density at radius 2 is 2.17 bits per heavy atom. The molecule has 1 aliphatic carbocycles. The minimum absolute atomic E-state index is 0.117. The first-order chi connectivity index (χ1) is 5.52. The zero-order valence-corrected chi connectivity index (χ0v) is 9.17. The highest BCUT2D eigenvalue weighted by Gasteiger charge is 2.56. The van der Waals surface area contributed by atoms with Crippen molar-refractivity contribution in [3.05, 3.63) is 10.6 Å². The predicted molar refractivity (Wildman–Crippen MR) is 52.8 cm³/mol. The standard InChI is InChI=1S/C9H14Cl2O/c1-4-12-7-5-9(7,11)8(10)6(2)3/h7H,4-5H2,1-3H3/t7-,9+/m1/s1. The highest BCUT2D eigenvalue weighted by atomic mass is 35.5. The Bertz CT molecular complexity index is 209. The van der Waals surface area contributed by atoms with Gasteiger partial charge >= 0.3 is 0 Å². The Labute approximate surface area is 83.7 Å². The molecule has 3 heteroatoms. The molecule has 1 nitrogen and oxygen atoms in total. The Morgan fingerprint density at radius 3 is 2.58 bits per heavy atom. The summed E-state index contributed by atoms with van der Waals surface area (Å²) in [5, 5.41) is 0.752. The van der Waals surface area contributed by atoms with Gasteiger partial charge in [-0.2, -0.15) is 0 Å².